The van der Waals surface area contributed by atoms with Gasteiger partial charge in [-0.3, -0.25) is 4.79 Å². The van der Waals surface area contributed by atoms with Gasteiger partial charge >= 0.3 is 5.97 Å². The summed E-state index contributed by atoms with van der Waals surface area (Å²) in [6.45, 7) is 3.41. The maximum atomic E-state index is 11.8. The van der Waals surface area contributed by atoms with Crippen molar-refractivity contribution >= 4 is 39.3 Å². The Hall–Kier alpha value is -0.870. The lowest BCUT2D eigenvalue weighted by Gasteiger charge is -2.13. The van der Waals surface area contributed by atoms with Gasteiger partial charge in [-0.05, 0) is 31.0 Å². The Morgan fingerprint density at radius 3 is 2.61 bits per heavy atom. The average molecular weight is 334 g/mol. The minimum absolute atomic E-state index is 0.200. The van der Waals surface area contributed by atoms with Gasteiger partial charge in [0.2, 0.25) is 0 Å². The summed E-state index contributed by atoms with van der Waals surface area (Å²) in [6.07, 6.45) is 0. The minimum atomic E-state index is -0.830. The molecule has 3 nitrogen and oxygen atoms in total. The number of hydrogen-bond acceptors (Lipinski definition) is 3. The van der Waals surface area contributed by atoms with E-state index in [0.29, 0.717) is 16.5 Å². The molecule has 0 bridgehead atoms. The predicted molar refractivity (Wildman–Crippen MR) is 74.3 cm³/mol. The molecule has 0 aromatic heterocycles. The topological polar surface area (TPSA) is 43.4 Å². The van der Waals surface area contributed by atoms with Gasteiger partial charge in [-0.1, -0.05) is 28.1 Å². The summed E-state index contributed by atoms with van der Waals surface area (Å²) >= 11 is 9.37. The van der Waals surface area contributed by atoms with Crippen LogP contribution in [0.15, 0.2) is 18.2 Å². The van der Waals surface area contributed by atoms with Crippen LogP contribution in [0.3, 0.4) is 0 Å². The second-order valence-electron chi connectivity index (χ2n) is 3.75. The fraction of sp³-hybridized carbons (Fsp3) is 0.385. The van der Waals surface area contributed by atoms with E-state index in [2.05, 4.69) is 15.9 Å². The van der Waals surface area contributed by atoms with Crippen molar-refractivity contribution in [3.05, 3.63) is 34.9 Å². The van der Waals surface area contributed by atoms with Gasteiger partial charge in [0.1, 0.15) is 5.38 Å². The molecule has 0 spiro atoms. The minimum Gasteiger partial charge on any atom is -0.462 e. The molecular weight excluding hydrogens is 319 g/mol. The number of ether oxygens (including phenoxy) is 1. The second-order valence-corrected chi connectivity index (χ2v) is 4.75. The van der Waals surface area contributed by atoms with Crippen LogP contribution in [0.25, 0.3) is 0 Å². The van der Waals surface area contributed by atoms with Gasteiger partial charge in [-0.25, -0.2) is 4.79 Å². The predicted octanol–water partition coefficient (Wildman–Crippen LogP) is 3.63. The van der Waals surface area contributed by atoms with Gasteiger partial charge < -0.3 is 4.74 Å². The molecule has 0 N–H and O–H groups in total. The molecule has 0 aliphatic heterocycles. The third kappa shape index (κ3) is 3.56. The zero-order valence-electron chi connectivity index (χ0n) is 10.2. The molecule has 1 aromatic carbocycles. The molecular formula is C13H14BrClO3. The Balaban J connectivity index is 3.24. The summed E-state index contributed by atoms with van der Waals surface area (Å²) in [6, 6.07) is 5.19. The van der Waals surface area contributed by atoms with E-state index in [4.69, 9.17) is 16.3 Å². The maximum absolute atomic E-state index is 11.8. The Labute approximate surface area is 120 Å². The molecule has 0 aliphatic rings. The molecule has 0 radical (unpaired) electrons. The van der Waals surface area contributed by atoms with Crippen LogP contribution in [0.5, 0.6) is 0 Å². The molecule has 1 unspecified atom stereocenters. The van der Waals surface area contributed by atoms with Crippen molar-refractivity contribution in [3.63, 3.8) is 0 Å². The standard InChI is InChI=1S/C13H14BrClO3/c1-3-18-13(17)10-5-4-9(7-14)6-11(10)12(15)8(2)16/h4-6,12H,3,7H2,1-2H3. The first-order valence-corrected chi connectivity index (χ1v) is 7.07. The van der Waals surface area contributed by atoms with E-state index in [1.165, 1.54) is 6.92 Å². The molecule has 18 heavy (non-hydrogen) atoms. The van der Waals surface area contributed by atoms with Crippen LogP contribution in [-0.4, -0.2) is 18.4 Å². The first kappa shape index (κ1) is 15.2. The molecule has 1 aromatic rings. The number of hydrogen-bond donors (Lipinski definition) is 0. The molecule has 5 heteroatoms. The Bertz CT molecular complexity index is 460. The molecule has 0 heterocycles. The summed E-state index contributed by atoms with van der Waals surface area (Å²) in [5.74, 6) is -0.658. The van der Waals surface area contributed by atoms with Crippen molar-refractivity contribution in [2.45, 2.75) is 24.6 Å². The van der Waals surface area contributed by atoms with Crippen LogP contribution in [0.4, 0.5) is 0 Å². The van der Waals surface area contributed by atoms with Gasteiger partial charge in [-0.15, -0.1) is 11.6 Å². The van der Waals surface area contributed by atoms with Crippen LogP contribution in [-0.2, 0) is 14.9 Å². The highest BCUT2D eigenvalue weighted by Gasteiger charge is 2.22. The van der Waals surface area contributed by atoms with Gasteiger partial charge in [0.15, 0.2) is 5.78 Å². The lowest BCUT2D eigenvalue weighted by molar-refractivity contribution is -0.116. The highest BCUT2D eigenvalue weighted by Crippen LogP contribution is 2.27. The summed E-state index contributed by atoms with van der Waals surface area (Å²) in [5.41, 5.74) is 1.79. The lowest BCUT2D eigenvalue weighted by Crippen LogP contribution is -2.12. The molecule has 0 fully saturated rings. The first-order valence-electron chi connectivity index (χ1n) is 5.51. The van der Waals surface area contributed by atoms with Gasteiger partial charge in [0, 0.05) is 5.33 Å². The zero-order chi connectivity index (χ0) is 13.7. The Morgan fingerprint density at radius 1 is 1.44 bits per heavy atom. The van der Waals surface area contributed by atoms with Crippen molar-refractivity contribution in [3.8, 4) is 0 Å². The van der Waals surface area contributed by atoms with E-state index in [-0.39, 0.29) is 12.4 Å². The van der Waals surface area contributed by atoms with E-state index in [9.17, 15) is 9.59 Å². The fourth-order valence-electron chi connectivity index (χ4n) is 1.52. The SMILES string of the molecule is CCOC(=O)c1ccc(CBr)cc1C(Cl)C(C)=O. The fourth-order valence-corrected chi connectivity index (χ4v) is 2.05. The van der Waals surface area contributed by atoms with Gasteiger partial charge in [0.25, 0.3) is 0 Å². The number of carbonyl (C=O) groups excluding carboxylic acids is 2. The van der Waals surface area contributed by atoms with Crippen molar-refractivity contribution in [2.24, 2.45) is 0 Å². The summed E-state index contributed by atoms with van der Waals surface area (Å²) in [4.78, 5) is 23.2. The van der Waals surface area contributed by atoms with E-state index in [0.717, 1.165) is 5.56 Å². The highest BCUT2D eigenvalue weighted by atomic mass is 79.9. The van der Waals surface area contributed by atoms with E-state index >= 15 is 0 Å². The number of rotatable bonds is 5. The van der Waals surface area contributed by atoms with Crippen LogP contribution in [0.1, 0.15) is 40.7 Å². The van der Waals surface area contributed by atoms with Crippen molar-refractivity contribution in [1.29, 1.82) is 0 Å². The van der Waals surface area contributed by atoms with E-state index in [1.54, 1.807) is 25.1 Å². The van der Waals surface area contributed by atoms with Gasteiger partial charge in [-0.2, -0.15) is 0 Å². The third-order valence-electron chi connectivity index (χ3n) is 2.40. The number of alkyl halides is 2. The van der Waals surface area contributed by atoms with Crippen molar-refractivity contribution in [1.82, 2.24) is 0 Å². The molecule has 0 saturated heterocycles. The molecule has 0 saturated carbocycles. The smallest absolute Gasteiger partial charge is 0.338 e. The summed E-state index contributed by atoms with van der Waals surface area (Å²) in [7, 11) is 0. The van der Waals surface area contributed by atoms with Gasteiger partial charge in [0.05, 0.1) is 12.2 Å². The van der Waals surface area contributed by atoms with E-state index < -0.39 is 11.3 Å². The first-order chi connectivity index (χ1) is 8.51. The summed E-state index contributed by atoms with van der Waals surface area (Å²) in [5, 5.41) is -0.201. The van der Waals surface area contributed by atoms with Crippen LogP contribution in [0.2, 0.25) is 0 Å². The quantitative estimate of drug-likeness (QED) is 0.610. The monoisotopic (exact) mass is 332 g/mol. The van der Waals surface area contributed by atoms with Crippen LogP contribution < -0.4 is 0 Å². The Kier molecular flexibility index (Phi) is 5.82. The van der Waals surface area contributed by atoms with E-state index in [1.807, 2.05) is 0 Å². The number of esters is 1. The largest absolute Gasteiger partial charge is 0.462 e. The maximum Gasteiger partial charge on any atom is 0.338 e. The number of carbonyl (C=O) groups is 2. The normalized spacial score (nSPS) is 12.0. The Morgan fingerprint density at radius 2 is 2.11 bits per heavy atom. The molecule has 98 valence electrons. The molecule has 0 aliphatic carbocycles. The molecule has 1 rings (SSSR count). The van der Waals surface area contributed by atoms with Crippen molar-refractivity contribution < 1.29 is 14.3 Å². The van der Waals surface area contributed by atoms with Crippen LogP contribution in [0, 0.1) is 0 Å². The van der Waals surface area contributed by atoms with Crippen LogP contribution >= 0.6 is 27.5 Å². The van der Waals surface area contributed by atoms with Crippen molar-refractivity contribution in [2.75, 3.05) is 6.61 Å². The number of halogens is 2. The zero-order valence-corrected chi connectivity index (χ0v) is 12.5. The highest BCUT2D eigenvalue weighted by molar-refractivity contribution is 9.08. The average Bonchev–Trinajstić information content (AvgIpc) is 2.37. The molecule has 0 amide bonds. The molecule has 1 atom stereocenters. The third-order valence-corrected chi connectivity index (χ3v) is 3.59. The lowest BCUT2D eigenvalue weighted by atomic mass is 10.00. The second kappa shape index (κ2) is 6.90. The number of benzene rings is 1. The number of ketones is 1. The summed E-state index contributed by atoms with van der Waals surface area (Å²) < 4.78 is 4.95. The number of Topliss-reactive ketones (excluding diaryl/α,β-unsaturated/α-hetero) is 1.